The summed E-state index contributed by atoms with van der Waals surface area (Å²) < 4.78 is 19.4. The highest BCUT2D eigenvalue weighted by Crippen LogP contribution is 2.46. The predicted octanol–water partition coefficient (Wildman–Crippen LogP) is 5.88. The Hall–Kier alpha value is -2.95. The Balaban J connectivity index is 2.18. The molecule has 1 aromatic carbocycles. The van der Waals surface area contributed by atoms with Gasteiger partial charge in [-0.25, -0.2) is 4.39 Å². The third-order valence-electron chi connectivity index (χ3n) is 7.50. The molecule has 2 aliphatic rings. The van der Waals surface area contributed by atoms with Crippen molar-refractivity contribution < 1.29 is 18.7 Å². The fourth-order valence-electron chi connectivity index (χ4n) is 5.30. The first-order valence-electron chi connectivity index (χ1n) is 12.0. The molecule has 3 rings (SSSR count). The Morgan fingerprint density at radius 3 is 2.68 bits per heavy atom. The minimum absolute atomic E-state index is 0.0466. The predicted molar refractivity (Wildman–Crippen MR) is 135 cm³/mol. The second-order valence-electron chi connectivity index (χ2n) is 9.66. The SMILES string of the molecule is C=C1/C(=C/C(=C(\C=O)COC=O)[C@H](C)CC)N(C)C/C1=C1/c2c(C)cc(F)c(C)c2CC[C@@H]1C. The van der Waals surface area contributed by atoms with E-state index in [0.29, 0.717) is 24.5 Å². The molecule has 0 radical (unpaired) electrons. The van der Waals surface area contributed by atoms with Gasteiger partial charge in [-0.2, -0.15) is 0 Å². The van der Waals surface area contributed by atoms with Crippen molar-refractivity contribution in [2.24, 2.45) is 11.8 Å². The number of rotatable bonds is 7. The number of hydrogen-bond acceptors (Lipinski definition) is 4. The second kappa shape index (κ2) is 10.5. The maximum atomic E-state index is 14.5. The molecule has 1 heterocycles. The summed E-state index contributed by atoms with van der Waals surface area (Å²) in [6, 6.07) is 1.65. The quantitative estimate of drug-likeness (QED) is 0.373. The zero-order valence-corrected chi connectivity index (χ0v) is 21.3. The van der Waals surface area contributed by atoms with Gasteiger partial charge in [0.25, 0.3) is 6.47 Å². The average Bonchev–Trinajstić information content (AvgIpc) is 3.09. The van der Waals surface area contributed by atoms with Gasteiger partial charge in [0.2, 0.25) is 0 Å². The van der Waals surface area contributed by atoms with Crippen LogP contribution in [0, 0.1) is 31.5 Å². The molecule has 0 aromatic heterocycles. The Bertz CT molecular complexity index is 1110. The van der Waals surface area contributed by atoms with Crippen LogP contribution in [-0.2, 0) is 20.7 Å². The van der Waals surface area contributed by atoms with Crippen LogP contribution in [0.4, 0.5) is 4.39 Å². The van der Waals surface area contributed by atoms with Gasteiger partial charge in [-0.15, -0.1) is 0 Å². The smallest absolute Gasteiger partial charge is 0.293 e. The average molecular weight is 466 g/mol. The lowest BCUT2D eigenvalue weighted by Crippen LogP contribution is -2.17. The molecule has 0 N–H and O–H groups in total. The Morgan fingerprint density at radius 1 is 1.35 bits per heavy atom. The lowest BCUT2D eigenvalue weighted by Gasteiger charge is -2.30. The number of halogens is 1. The van der Waals surface area contributed by atoms with E-state index in [0.717, 1.165) is 59.1 Å². The molecule has 0 saturated carbocycles. The minimum Gasteiger partial charge on any atom is -0.463 e. The van der Waals surface area contributed by atoms with Crippen molar-refractivity contribution in [2.75, 3.05) is 20.2 Å². The lowest BCUT2D eigenvalue weighted by atomic mass is 9.74. The first-order chi connectivity index (χ1) is 16.2. The van der Waals surface area contributed by atoms with Crippen molar-refractivity contribution >= 4 is 18.3 Å². The number of ether oxygens (including phenoxy) is 1. The van der Waals surface area contributed by atoms with E-state index in [9.17, 15) is 14.0 Å². The van der Waals surface area contributed by atoms with Crippen molar-refractivity contribution in [1.29, 1.82) is 0 Å². The van der Waals surface area contributed by atoms with Crippen LogP contribution in [0.2, 0.25) is 0 Å². The molecule has 1 aliphatic carbocycles. The van der Waals surface area contributed by atoms with E-state index in [1.807, 2.05) is 27.0 Å². The minimum atomic E-state index is -0.139. The van der Waals surface area contributed by atoms with Crippen LogP contribution < -0.4 is 0 Å². The summed E-state index contributed by atoms with van der Waals surface area (Å²) in [6.07, 6.45) is 5.50. The number of carbonyl (C=O) groups is 2. The fraction of sp³-hybridized carbons (Fsp3) is 0.448. The van der Waals surface area contributed by atoms with Gasteiger partial charge in [0, 0.05) is 24.9 Å². The zero-order chi connectivity index (χ0) is 25.2. The van der Waals surface area contributed by atoms with E-state index >= 15 is 0 Å². The lowest BCUT2D eigenvalue weighted by molar-refractivity contribution is -0.128. The highest BCUT2D eigenvalue weighted by Gasteiger charge is 2.33. The van der Waals surface area contributed by atoms with Crippen molar-refractivity contribution in [2.45, 2.75) is 53.9 Å². The topological polar surface area (TPSA) is 46.6 Å². The Morgan fingerprint density at radius 2 is 2.06 bits per heavy atom. The molecular formula is C29H36FNO3. The van der Waals surface area contributed by atoms with Gasteiger partial charge in [0.1, 0.15) is 18.7 Å². The summed E-state index contributed by atoms with van der Waals surface area (Å²) >= 11 is 0. The normalized spacial score (nSPS) is 23.0. The molecule has 0 amide bonds. The molecule has 5 heteroatoms. The molecule has 182 valence electrons. The van der Waals surface area contributed by atoms with Crippen molar-refractivity contribution in [3.63, 3.8) is 0 Å². The number of carbonyl (C=O) groups excluding carboxylic acids is 2. The van der Waals surface area contributed by atoms with E-state index in [1.165, 1.54) is 16.7 Å². The van der Waals surface area contributed by atoms with Crippen molar-refractivity contribution in [3.8, 4) is 0 Å². The van der Waals surface area contributed by atoms with Gasteiger partial charge >= 0.3 is 0 Å². The highest BCUT2D eigenvalue weighted by molar-refractivity contribution is 5.83. The van der Waals surface area contributed by atoms with Crippen LogP contribution in [0.15, 0.2) is 46.7 Å². The number of fused-ring (bicyclic) bond motifs is 1. The first kappa shape index (κ1) is 25.7. The Kier molecular flexibility index (Phi) is 7.96. The van der Waals surface area contributed by atoms with E-state index in [1.54, 1.807) is 6.07 Å². The van der Waals surface area contributed by atoms with Crippen molar-refractivity contribution in [3.05, 3.63) is 74.8 Å². The highest BCUT2D eigenvalue weighted by atomic mass is 19.1. The monoisotopic (exact) mass is 465 g/mol. The maximum absolute atomic E-state index is 14.5. The standard InChI is InChI=1S/C29H36FNO3/c1-8-17(2)24(22(14-32)15-34-16-33)12-27-21(6)25(13-31(27)7)28-18(3)9-10-23-20(5)26(30)11-19(4)29(23)28/h11-12,14,16-18H,6,8-10,13,15H2,1-5,7H3/b24-22-,27-12-,28-25-/t17-,18+/m1/s1. The molecule has 4 nitrogen and oxygen atoms in total. The summed E-state index contributed by atoms with van der Waals surface area (Å²) in [5.41, 5.74) is 9.65. The molecule has 0 spiro atoms. The third kappa shape index (κ3) is 4.66. The molecule has 0 unspecified atom stereocenters. The molecule has 1 fully saturated rings. The number of aldehydes is 1. The summed E-state index contributed by atoms with van der Waals surface area (Å²) in [5.74, 6) is 0.315. The first-order valence-corrected chi connectivity index (χ1v) is 12.0. The number of benzene rings is 1. The van der Waals surface area contributed by atoms with Crippen LogP contribution in [0.3, 0.4) is 0 Å². The Labute approximate surface area is 202 Å². The fourth-order valence-corrected chi connectivity index (χ4v) is 5.30. The van der Waals surface area contributed by atoms with E-state index in [-0.39, 0.29) is 18.3 Å². The second-order valence-corrected chi connectivity index (χ2v) is 9.66. The molecular weight excluding hydrogens is 429 g/mol. The van der Waals surface area contributed by atoms with E-state index in [2.05, 4.69) is 32.3 Å². The van der Waals surface area contributed by atoms with Crippen LogP contribution in [0.1, 0.15) is 55.9 Å². The largest absolute Gasteiger partial charge is 0.463 e. The van der Waals surface area contributed by atoms with Crippen molar-refractivity contribution in [1.82, 2.24) is 4.90 Å². The molecule has 0 bridgehead atoms. The van der Waals surface area contributed by atoms with Gasteiger partial charge in [0.05, 0.1) is 0 Å². The summed E-state index contributed by atoms with van der Waals surface area (Å²) in [6.45, 7) is 15.7. The van der Waals surface area contributed by atoms with Gasteiger partial charge in [0.15, 0.2) is 0 Å². The summed E-state index contributed by atoms with van der Waals surface area (Å²) in [4.78, 5) is 24.7. The van der Waals surface area contributed by atoms with Gasteiger partial charge in [-0.1, -0.05) is 27.4 Å². The van der Waals surface area contributed by atoms with Crippen LogP contribution in [-0.4, -0.2) is 37.9 Å². The maximum Gasteiger partial charge on any atom is 0.293 e. The molecule has 1 aliphatic heterocycles. The molecule has 34 heavy (non-hydrogen) atoms. The van der Waals surface area contributed by atoms with Crippen LogP contribution in [0.25, 0.3) is 5.57 Å². The van der Waals surface area contributed by atoms with E-state index < -0.39 is 0 Å². The van der Waals surface area contributed by atoms with Gasteiger partial charge in [-0.3, -0.25) is 9.59 Å². The molecule has 1 saturated heterocycles. The number of hydrogen-bond donors (Lipinski definition) is 0. The number of likely N-dealkylation sites (tertiary alicyclic amines) is 1. The summed E-state index contributed by atoms with van der Waals surface area (Å²) in [7, 11) is 2.03. The van der Waals surface area contributed by atoms with Crippen LogP contribution in [0.5, 0.6) is 0 Å². The zero-order valence-electron chi connectivity index (χ0n) is 21.3. The van der Waals surface area contributed by atoms with Gasteiger partial charge in [-0.05, 0) is 102 Å². The number of likely N-dealkylation sites (N-methyl/N-ethyl adjacent to an activating group) is 1. The van der Waals surface area contributed by atoms with Crippen LogP contribution >= 0.6 is 0 Å². The number of aryl methyl sites for hydroxylation is 1. The van der Waals surface area contributed by atoms with Gasteiger partial charge < -0.3 is 9.64 Å². The third-order valence-corrected chi connectivity index (χ3v) is 7.50. The molecule has 2 atom stereocenters. The number of nitrogens with zero attached hydrogens (tertiary/aromatic N) is 1. The summed E-state index contributed by atoms with van der Waals surface area (Å²) in [5, 5.41) is 0. The van der Waals surface area contributed by atoms with E-state index in [4.69, 9.17) is 4.74 Å². The molecule has 1 aromatic rings. The number of allylic oxidation sites excluding steroid dienone is 4.